The Hall–Kier alpha value is -2.68. The Morgan fingerprint density at radius 1 is 1.32 bits per heavy atom. The van der Waals surface area contributed by atoms with Crippen molar-refractivity contribution in [2.45, 2.75) is 19.4 Å². The molecule has 7 nitrogen and oxygen atoms in total. The summed E-state index contributed by atoms with van der Waals surface area (Å²) in [5, 5.41) is 15.1. The number of hydroxylamine groups is 1. The molecule has 0 saturated heterocycles. The summed E-state index contributed by atoms with van der Waals surface area (Å²) < 4.78 is 13.1. The maximum Gasteiger partial charge on any atom is 0.251 e. The fraction of sp³-hybridized carbons (Fsp3) is 0.350. The number of hydrogen-bond donors (Lipinski definition) is 2. The van der Waals surface area contributed by atoms with Gasteiger partial charge in [0.15, 0.2) is 6.04 Å². The van der Waals surface area contributed by atoms with Gasteiger partial charge in [-0.3, -0.25) is 9.59 Å². The Kier molecular flexibility index (Phi) is 6.45. The number of Topliss-reactive ketones (excluding diaryl/α,β-unsaturated/α-hetero) is 1. The molecule has 2 atom stereocenters. The predicted octanol–water partition coefficient (Wildman–Crippen LogP) is 0.942. The normalized spacial score (nSPS) is 18.4. The molecule has 2 aromatic rings. The van der Waals surface area contributed by atoms with E-state index in [1.165, 1.54) is 12.3 Å². The average Bonchev–Trinajstić information content (AvgIpc) is 2.95. The van der Waals surface area contributed by atoms with E-state index in [9.17, 15) is 19.2 Å². The van der Waals surface area contributed by atoms with Crippen LogP contribution in [0.15, 0.2) is 42.6 Å². The summed E-state index contributed by atoms with van der Waals surface area (Å²) in [6.07, 6.45) is 1.69. The average molecular weight is 386 g/mol. The van der Waals surface area contributed by atoms with Crippen molar-refractivity contribution in [3.63, 3.8) is 0 Å². The number of quaternary nitrogens is 1. The predicted molar refractivity (Wildman–Crippen MR) is 102 cm³/mol. The number of para-hydroxylation sites is 1. The van der Waals surface area contributed by atoms with E-state index < -0.39 is 12.0 Å². The van der Waals surface area contributed by atoms with Gasteiger partial charge in [0.1, 0.15) is 5.69 Å². The molecule has 0 bridgehead atoms. The molecule has 2 heterocycles. The van der Waals surface area contributed by atoms with E-state index in [1.54, 1.807) is 24.3 Å². The van der Waals surface area contributed by atoms with Crippen molar-refractivity contribution in [2.75, 3.05) is 26.2 Å². The van der Waals surface area contributed by atoms with Gasteiger partial charge in [0, 0.05) is 49.9 Å². The summed E-state index contributed by atoms with van der Waals surface area (Å²) >= 11 is 0. The number of aromatic nitrogens is 1. The Morgan fingerprint density at radius 2 is 2.11 bits per heavy atom. The highest BCUT2D eigenvalue weighted by Gasteiger charge is 2.37. The molecular weight excluding hydrogens is 363 g/mol. The van der Waals surface area contributed by atoms with Gasteiger partial charge in [0.2, 0.25) is 11.7 Å². The number of amides is 1. The van der Waals surface area contributed by atoms with Crippen molar-refractivity contribution < 1.29 is 19.0 Å². The van der Waals surface area contributed by atoms with E-state index in [0.29, 0.717) is 37.3 Å². The second kappa shape index (κ2) is 9.01. The van der Waals surface area contributed by atoms with Gasteiger partial charge < -0.3 is 20.5 Å². The van der Waals surface area contributed by atoms with Crippen molar-refractivity contribution in [2.24, 2.45) is 0 Å². The molecule has 0 saturated carbocycles. The van der Waals surface area contributed by atoms with Crippen LogP contribution in [0.3, 0.4) is 0 Å². The van der Waals surface area contributed by atoms with Crippen molar-refractivity contribution in [1.82, 2.24) is 15.2 Å². The van der Waals surface area contributed by atoms with Crippen LogP contribution in [0.5, 0.6) is 0 Å². The number of benzene rings is 1. The van der Waals surface area contributed by atoms with Crippen molar-refractivity contribution in [3.05, 3.63) is 64.9 Å². The number of nitrogens with one attached hydrogen (secondary N) is 2. The fourth-order valence-electron chi connectivity index (χ4n) is 3.38. The molecule has 1 amide bonds. The summed E-state index contributed by atoms with van der Waals surface area (Å²) in [4.78, 5) is 30.0. The minimum atomic E-state index is -0.699. The SMILES string of the molecule is CCN(CCNC(=O)c1ccnc(F)c1)CCC1C(=O)c2ccccc2[NH+]1[O-]. The van der Waals surface area contributed by atoms with Gasteiger partial charge in [-0.25, -0.2) is 4.98 Å². The number of fused-ring (bicyclic) bond motifs is 1. The van der Waals surface area contributed by atoms with Gasteiger partial charge >= 0.3 is 0 Å². The minimum absolute atomic E-state index is 0.107. The van der Waals surface area contributed by atoms with E-state index in [4.69, 9.17) is 0 Å². The first-order valence-electron chi connectivity index (χ1n) is 9.30. The molecule has 0 radical (unpaired) electrons. The minimum Gasteiger partial charge on any atom is -0.628 e. The highest BCUT2D eigenvalue weighted by atomic mass is 19.1. The van der Waals surface area contributed by atoms with Gasteiger partial charge in [-0.15, -0.1) is 0 Å². The van der Waals surface area contributed by atoms with E-state index >= 15 is 0 Å². The van der Waals surface area contributed by atoms with Gasteiger partial charge in [-0.1, -0.05) is 19.1 Å². The zero-order valence-electron chi connectivity index (χ0n) is 15.7. The molecule has 1 aromatic carbocycles. The van der Waals surface area contributed by atoms with E-state index in [1.807, 2.05) is 6.92 Å². The third-order valence-corrected chi connectivity index (χ3v) is 4.97. The Labute approximate surface area is 162 Å². The molecule has 2 unspecified atom stereocenters. The first kappa shape index (κ1) is 20.1. The first-order chi connectivity index (χ1) is 13.5. The molecule has 28 heavy (non-hydrogen) atoms. The van der Waals surface area contributed by atoms with Crippen LogP contribution in [-0.4, -0.2) is 53.8 Å². The summed E-state index contributed by atoms with van der Waals surface area (Å²) in [7, 11) is 0. The van der Waals surface area contributed by atoms with Crippen LogP contribution >= 0.6 is 0 Å². The molecule has 0 aliphatic carbocycles. The largest absolute Gasteiger partial charge is 0.628 e. The zero-order chi connectivity index (χ0) is 20.1. The van der Waals surface area contributed by atoms with Gasteiger partial charge in [-0.05, 0) is 18.7 Å². The number of carbonyl (C=O) groups excluding carboxylic acids is 2. The summed E-state index contributed by atoms with van der Waals surface area (Å²) in [5.41, 5.74) is 1.24. The topological polar surface area (TPSA) is 89.8 Å². The third-order valence-electron chi connectivity index (χ3n) is 4.97. The number of ketones is 1. The van der Waals surface area contributed by atoms with Gasteiger partial charge in [0.05, 0.1) is 5.56 Å². The van der Waals surface area contributed by atoms with Crippen LogP contribution in [0.1, 0.15) is 34.1 Å². The summed E-state index contributed by atoms with van der Waals surface area (Å²) in [6.45, 7) is 4.22. The second-order valence-electron chi connectivity index (χ2n) is 6.67. The lowest BCUT2D eigenvalue weighted by molar-refractivity contribution is -0.790. The van der Waals surface area contributed by atoms with Crippen LogP contribution in [0, 0.1) is 11.2 Å². The number of carbonyl (C=O) groups is 2. The summed E-state index contributed by atoms with van der Waals surface area (Å²) in [6, 6.07) is 8.84. The number of nitrogens with zero attached hydrogens (tertiary/aromatic N) is 2. The molecule has 2 N–H and O–H groups in total. The lowest BCUT2D eigenvalue weighted by Gasteiger charge is -2.26. The molecule has 148 valence electrons. The van der Waals surface area contributed by atoms with E-state index in [2.05, 4.69) is 15.2 Å². The number of rotatable bonds is 8. The van der Waals surface area contributed by atoms with E-state index in [-0.39, 0.29) is 22.3 Å². The fourth-order valence-corrected chi connectivity index (χ4v) is 3.38. The number of pyridine rings is 1. The number of likely N-dealkylation sites (N-methyl/N-ethyl adjacent to an activating group) is 1. The van der Waals surface area contributed by atoms with Crippen LogP contribution in [-0.2, 0) is 0 Å². The lowest BCUT2D eigenvalue weighted by Crippen LogP contribution is -3.05. The molecule has 8 heteroatoms. The van der Waals surface area contributed by atoms with E-state index in [0.717, 1.165) is 12.6 Å². The number of halogens is 1. The molecule has 1 aliphatic rings. The van der Waals surface area contributed by atoms with Crippen LogP contribution in [0.25, 0.3) is 0 Å². The third kappa shape index (κ3) is 4.41. The van der Waals surface area contributed by atoms with Gasteiger partial charge in [0.25, 0.3) is 5.91 Å². The van der Waals surface area contributed by atoms with Crippen LogP contribution in [0.4, 0.5) is 10.1 Å². The maximum atomic E-state index is 13.1. The highest BCUT2D eigenvalue weighted by molar-refractivity contribution is 6.05. The van der Waals surface area contributed by atoms with Crippen molar-refractivity contribution in [3.8, 4) is 0 Å². The smallest absolute Gasteiger partial charge is 0.251 e. The Morgan fingerprint density at radius 3 is 2.82 bits per heavy atom. The maximum absolute atomic E-state index is 13.1. The van der Waals surface area contributed by atoms with Crippen molar-refractivity contribution >= 4 is 17.4 Å². The zero-order valence-corrected chi connectivity index (χ0v) is 15.7. The molecule has 1 aromatic heterocycles. The monoisotopic (exact) mass is 386 g/mol. The molecule has 0 spiro atoms. The van der Waals surface area contributed by atoms with Gasteiger partial charge in [-0.2, -0.15) is 4.39 Å². The standard InChI is InChI=1S/C20H23FN4O3/c1-2-24(12-10-23-20(27)14-7-9-22-18(21)13-14)11-8-17-19(26)15-5-3-4-6-16(15)25(17)28/h3-7,9,13,17,25H,2,8,10-12H2,1H3,(H,23,27). The van der Waals surface area contributed by atoms with Crippen LogP contribution in [0.2, 0.25) is 0 Å². The first-order valence-corrected chi connectivity index (χ1v) is 9.30. The summed E-state index contributed by atoms with van der Waals surface area (Å²) in [5.74, 6) is -1.17. The second-order valence-corrected chi connectivity index (χ2v) is 6.67. The lowest BCUT2D eigenvalue weighted by atomic mass is 10.1. The highest BCUT2D eigenvalue weighted by Crippen LogP contribution is 2.20. The van der Waals surface area contributed by atoms with Crippen molar-refractivity contribution in [1.29, 1.82) is 0 Å². The quantitative estimate of drug-likeness (QED) is 0.521. The molecule has 0 fully saturated rings. The Balaban J connectivity index is 1.48. The molecule has 3 rings (SSSR count). The van der Waals surface area contributed by atoms with Crippen LogP contribution < -0.4 is 10.4 Å². The molecular formula is C20H23FN4O3. The Bertz CT molecular complexity index is 861. The number of hydrogen-bond acceptors (Lipinski definition) is 5. The molecule has 1 aliphatic heterocycles.